The molecule has 3 rings (SSSR count). The van der Waals surface area contributed by atoms with E-state index in [4.69, 9.17) is 0 Å². The van der Waals surface area contributed by atoms with Gasteiger partial charge in [0.15, 0.2) is 0 Å². The molecular weight excluding hydrogens is 414 g/mol. The maximum absolute atomic E-state index is 13.2. The zero-order chi connectivity index (χ0) is 22.4. The monoisotopic (exact) mass is 443 g/mol. The summed E-state index contributed by atoms with van der Waals surface area (Å²) in [4.78, 5) is 26.3. The normalized spacial score (nSPS) is 14.5. The Morgan fingerprint density at radius 3 is 2.61 bits per heavy atom. The Balaban J connectivity index is 1.85. The zero-order valence-corrected chi connectivity index (χ0v) is 18.7. The van der Waals surface area contributed by atoms with Crippen molar-refractivity contribution in [3.8, 4) is 0 Å². The van der Waals surface area contributed by atoms with Crippen LogP contribution in [0.3, 0.4) is 0 Å². The highest BCUT2D eigenvalue weighted by molar-refractivity contribution is 7.89. The second-order valence-corrected chi connectivity index (χ2v) is 9.56. The molecule has 2 N–H and O–H groups in total. The van der Waals surface area contributed by atoms with Crippen molar-refractivity contribution in [2.24, 2.45) is 0 Å². The van der Waals surface area contributed by atoms with E-state index in [1.165, 1.54) is 6.07 Å². The summed E-state index contributed by atoms with van der Waals surface area (Å²) in [7, 11) is -2.24. The van der Waals surface area contributed by atoms with E-state index in [0.29, 0.717) is 25.1 Å². The van der Waals surface area contributed by atoms with E-state index in [0.717, 1.165) is 24.0 Å². The largest absolute Gasteiger partial charge is 0.344 e. The maximum Gasteiger partial charge on any atom is 0.241 e. The van der Waals surface area contributed by atoms with Crippen molar-refractivity contribution >= 4 is 27.5 Å². The lowest BCUT2D eigenvalue weighted by Crippen LogP contribution is -2.48. The van der Waals surface area contributed by atoms with Crippen molar-refractivity contribution in [3.05, 3.63) is 59.7 Å². The number of rotatable bonds is 9. The highest BCUT2D eigenvalue weighted by atomic mass is 32.2. The molecule has 8 heteroatoms. The molecule has 1 aliphatic heterocycles. The van der Waals surface area contributed by atoms with Crippen LogP contribution in [0.1, 0.15) is 37.3 Å². The Morgan fingerprint density at radius 2 is 1.90 bits per heavy atom. The molecule has 31 heavy (non-hydrogen) atoms. The average Bonchev–Trinajstić information content (AvgIpc) is 2.76. The van der Waals surface area contributed by atoms with Crippen molar-refractivity contribution in [1.82, 2.24) is 9.62 Å². The summed E-state index contributed by atoms with van der Waals surface area (Å²) in [5.74, 6) is -0.337. The van der Waals surface area contributed by atoms with Gasteiger partial charge in [0.05, 0.1) is 4.90 Å². The zero-order valence-electron chi connectivity index (χ0n) is 17.9. The Labute approximate surface area is 183 Å². The second-order valence-electron chi connectivity index (χ2n) is 7.84. The molecule has 1 aliphatic rings. The molecule has 2 aromatic carbocycles. The molecule has 0 spiro atoms. The summed E-state index contributed by atoms with van der Waals surface area (Å²) >= 11 is 0. The van der Waals surface area contributed by atoms with Gasteiger partial charge in [0.2, 0.25) is 21.8 Å². The van der Waals surface area contributed by atoms with Gasteiger partial charge in [0.25, 0.3) is 0 Å². The molecule has 0 unspecified atom stereocenters. The number of nitrogens with zero attached hydrogens (tertiary/aromatic N) is 1. The molecule has 0 saturated heterocycles. The fourth-order valence-electron chi connectivity index (χ4n) is 3.58. The summed E-state index contributed by atoms with van der Waals surface area (Å²) in [5.41, 5.74) is 2.28. The van der Waals surface area contributed by atoms with Gasteiger partial charge in [0, 0.05) is 25.7 Å². The maximum atomic E-state index is 13.2. The van der Waals surface area contributed by atoms with Gasteiger partial charge in [-0.1, -0.05) is 43.7 Å². The highest BCUT2D eigenvalue weighted by Crippen LogP contribution is 2.25. The second kappa shape index (κ2) is 10.1. The Kier molecular flexibility index (Phi) is 7.46. The Morgan fingerprint density at radius 1 is 1.16 bits per heavy atom. The molecule has 166 valence electrons. The lowest BCUT2D eigenvalue weighted by Gasteiger charge is -2.25. The number of carbonyl (C=O) groups is 2. The number of unbranched alkanes of at least 4 members (excludes halogenated alkanes) is 1. The van der Waals surface area contributed by atoms with Crippen molar-refractivity contribution in [2.75, 3.05) is 18.9 Å². The van der Waals surface area contributed by atoms with Gasteiger partial charge < -0.3 is 10.2 Å². The van der Waals surface area contributed by atoms with E-state index >= 15 is 0 Å². The number of nitrogens with one attached hydrogen (secondary N) is 2. The molecule has 0 fully saturated rings. The van der Waals surface area contributed by atoms with Gasteiger partial charge in [-0.05, 0) is 48.6 Å². The van der Waals surface area contributed by atoms with E-state index < -0.39 is 16.1 Å². The first-order valence-corrected chi connectivity index (χ1v) is 12.0. The van der Waals surface area contributed by atoms with Crippen LogP contribution in [0.2, 0.25) is 0 Å². The molecule has 2 aromatic rings. The third kappa shape index (κ3) is 5.92. The number of fused-ring (bicyclic) bond motifs is 1. The van der Waals surface area contributed by atoms with Gasteiger partial charge in [-0.25, -0.2) is 8.42 Å². The van der Waals surface area contributed by atoms with E-state index in [2.05, 4.69) is 10.0 Å². The molecule has 0 bridgehead atoms. The lowest BCUT2D eigenvalue weighted by atomic mass is 10.0. The van der Waals surface area contributed by atoms with E-state index in [9.17, 15) is 18.0 Å². The van der Waals surface area contributed by atoms with Crippen LogP contribution in [-0.4, -0.2) is 44.8 Å². The molecule has 1 heterocycles. The number of likely N-dealkylation sites (N-methyl/N-ethyl adjacent to an activating group) is 1. The van der Waals surface area contributed by atoms with E-state index in [1.807, 2.05) is 37.3 Å². The van der Waals surface area contributed by atoms with Crippen molar-refractivity contribution < 1.29 is 18.0 Å². The number of hydrogen-bond donors (Lipinski definition) is 2. The molecule has 7 nitrogen and oxygen atoms in total. The predicted molar refractivity (Wildman–Crippen MR) is 120 cm³/mol. The van der Waals surface area contributed by atoms with Gasteiger partial charge in [0.1, 0.15) is 6.04 Å². The Bertz CT molecular complexity index is 1040. The van der Waals surface area contributed by atoms with Crippen molar-refractivity contribution in [2.45, 2.75) is 50.0 Å². The minimum Gasteiger partial charge on any atom is -0.344 e. The fourth-order valence-corrected chi connectivity index (χ4v) is 4.82. The standard InChI is InChI=1S/C23H29N3O4S/c1-3-4-14-26(2)23(28)21(15-17-8-6-5-7-9-17)25-31(29,30)19-11-12-20-18(16-19)10-13-22(27)24-20/h5-9,11-12,16,21,25H,3-4,10,13-15H2,1-2H3,(H,24,27)/t21-/m1/s1. The lowest BCUT2D eigenvalue weighted by molar-refractivity contribution is -0.131. The van der Waals surface area contributed by atoms with Crippen LogP contribution >= 0.6 is 0 Å². The first-order valence-electron chi connectivity index (χ1n) is 10.5. The molecule has 2 amide bonds. The summed E-state index contributed by atoms with van der Waals surface area (Å²) < 4.78 is 28.9. The number of aryl methyl sites for hydroxylation is 1. The van der Waals surface area contributed by atoms with Gasteiger partial charge >= 0.3 is 0 Å². The SMILES string of the molecule is CCCCN(C)C(=O)[C@@H](Cc1ccccc1)NS(=O)(=O)c1ccc2c(c1)CCC(=O)N2. The molecule has 0 radical (unpaired) electrons. The van der Waals surface area contributed by atoms with E-state index in [-0.39, 0.29) is 23.1 Å². The number of carbonyl (C=O) groups excluding carboxylic acids is 2. The van der Waals surface area contributed by atoms with Crippen molar-refractivity contribution in [1.29, 1.82) is 0 Å². The van der Waals surface area contributed by atoms with Crippen LogP contribution in [-0.2, 0) is 32.5 Å². The number of anilines is 1. The van der Waals surface area contributed by atoms with Crippen LogP contribution in [0.15, 0.2) is 53.4 Å². The third-order valence-electron chi connectivity index (χ3n) is 5.38. The number of amides is 2. The number of hydrogen-bond acceptors (Lipinski definition) is 4. The van der Waals surface area contributed by atoms with Crippen LogP contribution in [0.25, 0.3) is 0 Å². The quantitative estimate of drug-likeness (QED) is 0.623. The highest BCUT2D eigenvalue weighted by Gasteiger charge is 2.29. The van der Waals surface area contributed by atoms with Crippen LogP contribution in [0.4, 0.5) is 5.69 Å². The minimum atomic E-state index is -3.94. The summed E-state index contributed by atoms with van der Waals surface area (Å²) in [6, 6.07) is 13.1. The number of benzene rings is 2. The van der Waals surface area contributed by atoms with Crippen LogP contribution in [0.5, 0.6) is 0 Å². The summed E-state index contributed by atoms with van der Waals surface area (Å²) in [6.45, 7) is 2.61. The van der Waals surface area contributed by atoms with Crippen LogP contribution < -0.4 is 10.0 Å². The molecule has 1 atom stereocenters. The number of sulfonamides is 1. The molecule has 0 aliphatic carbocycles. The topological polar surface area (TPSA) is 95.6 Å². The first-order chi connectivity index (χ1) is 14.8. The fraction of sp³-hybridized carbons (Fsp3) is 0.391. The van der Waals surface area contributed by atoms with Crippen molar-refractivity contribution in [3.63, 3.8) is 0 Å². The van der Waals surface area contributed by atoms with E-state index in [1.54, 1.807) is 24.1 Å². The first kappa shape index (κ1) is 23.0. The smallest absolute Gasteiger partial charge is 0.241 e. The van der Waals surface area contributed by atoms with Gasteiger partial charge in [-0.3, -0.25) is 9.59 Å². The molecular formula is C23H29N3O4S. The van der Waals surface area contributed by atoms with Gasteiger partial charge in [-0.15, -0.1) is 0 Å². The summed E-state index contributed by atoms with van der Waals surface area (Å²) in [5, 5.41) is 2.75. The third-order valence-corrected chi connectivity index (χ3v) is 6.85. The minimum absolute atomic E-state index is 0.0788. The molecule has 0 saturated carbocycles. The Hall–Kier alpha value is -2.71. The summed E-state index contributed by atoms with van der Waals surface area (Å²) in [6.07, 6.45) is 2.86. The van der Waals surface area contributed by atoms with Crippen LogP contribution in [0, 0.1) is 0 Å². The molecule has 0 aromatic heterocycles. The van der Waals surface area contributed by atoms with Gasteiger partial charge in [-0.2, -0.15) is 4.72 Å². The predicted octanol–water partition coefficient (Wildman–Crippen LogP) is 2.72. The average molecular weight is 444 g/mol.